The van der Waals surface area contributed by atoms with E-state index in [1.54, 1.807) is 13.3 Å². The number of ether oxygens (including phenoxy) is 1. The summed E-state index contributed by atoms with van der Waals surface area (Å²) in [6.45, 7) is 4.06. The predicted octanol–water partition coefficient (Wildman–Crippen LogP) is 1.57. The van der Waals surface area contributed by atoms with Gasteiger partial charge >= 0.3 is 0 Å². The van der Waals surface area contributed by atoms with Crippen molar-refractivity contribution in [1.29, 1.82) is 0 Å². The van der Waals surface area contributed by atoms with Gasteiger partial charge in [-0.1, -0.05) is 0 Å². The zero-order chi connectivity index (χ0) is 11.3. The molecule has 4 heteroatoms. The van der Waals surface area contributed by atoms with Crippen molar-refractivity contribution in [2.75, 3.05) is 13.7 Å². The molecule has 0 unspecified atom stereocenters. The number of Topliss-reactive ketones (excluding diaryl/α,β-unsaturated/α-hetero) is 1. The van der Waals surface area contributed by atoms with Crippen LogP contribution >= 0.6 is 0 Å². The molecule has 1 heterocycles. The van der Waals surface area contributed by atoms with Crippen LogP contribution in [0.2, 0.25) is 0 Å². The molecule has 0 saturated carbocycles. The minimum Gasteiger partial charge on any atom is -0.385 e. The van der Waals surface area contributed by atoms with Crippen LogP contribution in [0.1, 0.15) is 35.2 Å². The molecule has 0 aromatic carbocycles. The molecule has 0 radical (unpaired) electrons. The minimum atomic E-state index is 0.0101. The Bertz CT molecular complexity index is 350. The van der Waals surface area contributed by atoms with E-state index >= 15 is 0 Å². The maximum absolute atomic E-state index is 11.1. The number of methoxy groups -OCH3 is 1. The first-order valence-electron chi connectivity index (χ1n) is 4.97. The van der Waals surface area contributed by atoms with Crippen molar-refractivity contribution >= 4 is 5.78 Å². The summed E-state index contributed by atoms with van der Waals surface area (Å²) in [4.78, 5) is 19.6. The van der Waals surface area contributed by atoms with Crippen LogP contribution in [0, 0.1) is 6.92 Å². The first-order valence-corrected chi connectivity index (χ1v) is 4.97. The number of carbonyl (C=O) groups is 1. The summed E-state index contributed by atoms with van der Waals surface area (Å²) < 4.78 is 4.95. The molecule has 0 spiro atoms. The maximum Gasteiger partial charge on any atom is 0.163 e. The fourth-order valence-electron chi connectivity index (χ4n) is 1.36. The second-order valence-electron chi connectivity index (χ2n) is 3.44. The van der Waals surface area contributed by atoms with Gasteiger partial charge in [0.2, 0.25) is 0 Å². The van der Waals surface area contributed by atoms with Gasteiger partial charge < -0.3 is 4.74 Å². The highest BCUT2D eigenvalue weighted by Crippen LogP contribution is 2.06. The van der Waals surface area contributed by atoms with Gasteiger partial charge in [-0.25, -0.2) is 9.97 Å². The Kier molecular flexibility index (Phi) is 4.37. The molecule has 0 saturated heterocycles. The van der Waals surface area contributed by atoms with E-state index in [-0.39, 0.29) is 5.78 Å². The lowest BCUT2D eigenvalue weighted by atomic mass is 10.2. The maximum atomic E-state index is 11.1. The zero-order valence-corrected chi connectivity index (χ0v) is 9.41. The number of ketones is 1. The summed E-state index contributed by atoms with van der Waals surface area (Å²) in [5.41, 5.74) is 1.36. The second kappa shape index (κ2) is 5.56. The van der Waals surface area contributed by atoms with Gasteiger partial charge in [-0.05, 0) is 20.3 Å². The zero-order valence-electron chi connectivity index (χ0n) is 9.41. The topological polar surface area (TPSA) is 52.1 Å². The Hall–Kier alpha value is -1.29. The summed E-state index contributed by atoms with van der Waals surface area (Å²) in [7, 11) is 1.67. The van der Waals surface area contributed by atoms with Crippen molar-refractivity contribution in [3.8, 4) is 0 Å². The Labute approximate surface area is 89.7 Å². The van der Waals surface area contributed by atoms with E-state index in [2.05, 4.69) is 9.97 Å². The normalized spacial score (nSPS) is 10.3. The van der Waals surface area contributed by atoms with Crippen molar-refractivity contribution in [1.82, 2.24) is 9.97 Å². The Morgan fingerprint density at radius 3 is 2.80 bits per heavy atom. The lowest BCUT2D eigenvalue weighted by Gasteiger charge is -2.03. The van der Waals surface area contributed by atoms with Crippen LogP contribution in [0.4, 0.5) is 0 Å². The average Bonchev–Trinajstić information content (AvgIpc) is 2.17. The summed E-state index contributed by atoms with van der Waals surface area (Å²) in [6.07, 6.45) is 3.29. The molecular formula is C11H16N2O2. The number of aromatic nitrogens is 2. The van der Waals surface area contributed by atoms with Gasteiger partial charge in [0, 0.05) is 26.3 Å². The van der Waals surface area contributed by atoms with E-state index in [0.29, 0.717) is 12.2 Å². The molecule has 0 N–H and O–H groups in total. The number of nitrogens with zero attached hydrogens (tertiary/aromatic N) is 2. The van der Waals surface area contributed by atoms with Gasteiger partial charge in [-0.2, -0.15) is 0 Å². The summed E-state index contributed by atoms with van der Waals surface area (Å²) in [5, 5.41) is 0. The average molecular weight is 208 g/mol. The molecule has 1 aromatic heterocycles. The fraction of sp³-hybridized carbons (Fsp3) is 0.545. The molecule has 0 bridgehead atoms. The highest BCUT2D eigenvalue weighted by atomic mass is 16.5. The number of hydrogen-bond acceptors (Lipinski definition) is 4. The molecule has 0 atom stereocenters. The lowest BCUT2D eigenvalue weighted by Crippen LogP contribution is -2.05. The Morgan fingerprint density at radius 1 is 1.53 bits per heavy atom. The Morgan fingerprint density at radius 2 is 2.27 bits per heavy atom. The van der Waals surface area contributed by atoms with E-state index in [4.69, 9.17) is 4.74 Å². The first kappa shape index (κ1) is 11.8. The molecular weight excluding hydrogens is 192 g/mol. The number of hydrogen-bond donors (Lipinski definition) is 0. The minimum absolute atomic E-state index is 0.0101. The third-order valence-corrected chi connectivity index (χ3v) is 2.16. The van der Waals surface area contributed by atoms with Crippen molar-refractivity contribution in [3.05, 3.63) is 23.3 Å². The van der Waals surface area contributed by atoms with Crippen LogP contribution in [-0.4, -0.2) is 29.5 Å². The van der Waals surface area contributed by atoms with E-state index in [1.807, 2.05) is 6.92 Å². The smallest absolute Gasteiger partial charge is 0.163 e. The van der Waals surface area contributed by atoms with Crippen LogP contribution in [0.5, 0.6) is 0 Å². The highest BCUT2D eigenvalue weighted by Gasteiger charge is 2.06. The first-order chi connectivity index (χ1) is 7.15. The quantitative estimate of drug-likeness (QED) is 0.544. The Balaban J connectivity index is 2.69. The number of carbonyl (C=O) groups excluding carboxylic acids is 1. The van der Waals surface area contributed by atoms with Crippen molar-refractivity contribution in [2.24, 2.45) is 0 Å². The van der Waals surface area contributed by atoms with Gasteiger partial charge in [-0.3, -0.25) is 4.79 Å². The number of aryl methyl sites for hydroxylation is 2. The molecule has 82 valence electrons. The fourth-order valence-corrected chi connectivity index (χ4v) is 1.36. The van der Waals surface area contributed by atoms with Crippen LogP contribution in [0.3, 0.4) is 0 Å². The van der Waals surface area contributed by atoms with Crippen molar-refractivity contribution < 1.29 is 9.53 Å². The summed E-state index contributed by atoms with van der Waals surface area (Å²) in [6, 6.07) is 0. The standard InChI is InChI=1S/C11H16N2O2/c1-8-10(9(2)14)7-12-11(13-8)5-4-6-15-3/h7H,4-6H2,1-3H3. The van der Waals surface area contributed by atoms with Crippen LogP contribution < -0.4 is 0 Å². The molecule has 1 aromatic rings. The van der Waals surface area contributed by atoms with Crippen LogP contribution in [-0.2, 0) is 11.2 Å². The summed E-state index contributed by atoms with van der Waals surface area (Å²) >= 11 is 0. The van der Waals surface area contributed by atoms with Gasteiger partial charge in [0.25, 0.3) is 0 Å². The molecule has 4 nitrogen and oxygen atoms in total. The molecule has 0 aliphatic carbocycles. The van der Waals surface area contributed by atoms with Gasteiger partial charge in [0.05, 0.1) is 11.3 Å². The van der Waals surface area contributed by atoms with Crippen LogP contribution in [0.15, 0.2) is 6.20 Å². The van der Waals surface area contributed by atoms with Crippen molar-refractivity contribution in [3.63, 3.8) is 0 Å². The molecule has 0 fully saturated rings. The predicted molar refractivity (Wildman–Crippen MR) is 57.0 cm³/mol. The van der Waals surface area contributed by atoms with E-state index in [0.717, 1.165) is 24.4 Å². The molecule has 15 heavy (non-hydrogen) atoms. The van der Waals surface area contributed by atoms with Gasteiger partial charge in [-0.15, -0.1) is 0 Å². The monoisotopic (exact) mass is 208 g/mol. The third kappa shape index (κ3) is 3.40. The summed E-state index contributed by atoms with van der Waals surface area (Å²) in [5.74, 6) is 0.783. The third-order valence-electron chi connectivity index (χ3n) is 2.16. The second-order valence-corrected chi connectivity index (χ2v) is 3.44. The van der Waals surface area contributed by atoms with E-state index in [9.17, 15) is 4.79 Å². The lowest BCUT2D eigenvalue weighted by molar-refractivity contribution is 0.101. The van der Waals surface area contributed by atoms with Gasteiger partial charge in [0.15, 0.2) is 5.78 Å². The number of rotatable bonds is 5. The van der Waals surface area contributed by atoms with E-state index < -0.39 is 0 Å². The molecule has 0 aliphatic heterocycles. The van der Waals surface area contributed by atoms with Crippen LogP contribution in [0.25, 0.3) is 0 Å². The van der Waals surface area contributed by atoms with Gasteiger partial charge in [0.1, 0.15) is 5.82 Å². The molecule has 0 aliphatic rings. The SMILES string of the molecule is COCCCc1ncc(C(C)=O)c(C)n1. The van der Waals surface area contributed by atoms with E-state index in [1.165, 1.54) is 6.92 Å². The van der Waals surface area contributed by atoms with Crippen molar-refractivity contribution in [2.45, 2.75) is 26.7 Å². The molecule has 0 amide bonds. The highest BCUT2D eigenvalue weighted by molar-refractivity contribution is 5.94. The largest absolute Gasteiger partial charge is 0.385 e. The molecule has 1 rings (SSSR count).